The molecule has 0 fully saturated rings. The number of hydrogen-bond acceptors (Lipinski definition) is 2. The van der Waals surface area contributed by atoms with Gasteiger partial charge in [0.25, 0.3) is 0 Å². The second-order valence-electron chi connectivity index (χ2n) is 6.02. The maximum atomic E-state index is 10.0. The minimum absolute atomic E-state index is 0.167. The first-order valence-corrected chi connectivity index (χ1v) is 7.97. The Bertz CT molecular complexity index is 401. The molecule has 0 aliphatic rings. The van der Waals surface area contributed by atoms with Crippen LogP contribution in [0.5, 0.6) is 0 Å². The van der Waals surface area contributed by atoms with Crippen molar-refractivity contribution in [1.29, 1.82) is 0 Å². The molecular weight excluding hydrogens is 272 g/mol. The van der Waals surface area contributed by atoms with Gasteiger partial charge in [0.1, 0.15) is 6.29 Å². The summed E-state index contributed by atoms with van der Waals surface area (Å²) in [5, 5.41) is 8.55. The summed E-state index contributed by atoms with van der Waals surface area (Å²) in [7, 11) is 0. The van der Waals surface area contributed by atoms with Crippen molar-refractivity contribution in [3.05, 3.63) is 46.6 Å². The smallest absolute Gasteiger partial charge is 0.142 e. The van der Waals surface area contributed by atoms with Crippen molar-refractivity contribution >= 4 is 6.29 Å². The summed E-state index contributed by atoms with van der Waals surface area (Å²) in [5.74, 6) is 0. The molecule has 0 saturated carbocycles. The van der Waals surface area contributed by atoms with Crippen LogP contribution in [-0.4, -0.2) is 18.0 Å². The van der Waals surface area contributed by atoms with Crippen LogP contribution >= 0.6 is 0 Å². The highest BCUT2D eigenvalue weighted by atomic mass is 16.2. The highest BCUT2D eigenvalue weighted by molar-refractivity contribution is 5.65. The number of rotatable bonds is 8. The summed E-state index contributed by atoms with van der Waals surface area (Å²) in [4.78, 5) is 10.0. The van der Waals surface area contributed by atoms with Gasteiger partial charge in [0, 0.05) is 0 Å². The lowest BCUT2D eigenvalue weighted by atomic mass is 10.1. The molecule has 0 heterocycles. The topological polar surface area (TPSA) is 37.3 Å². The molecule has 0 amide bonds. The van der Waals surface area contributed by atoms with Crippen LogP contribution in [0.3, 0.4) is 0 Å². The first kappa shape index (κ1) is 22.9. The monoisotopic (exact) mass is 306 g/mol. The maximum absolute atomic E-state index is 10.0. The van der Waals surface area contributed by atoms with Crippen LogP contribution in [0.4, 0.5) is 0 Å². The predicted molar refractivity (Wildman–Crippen MR) is 98.0 cm³/mol. The van der Waals surface area contributed by atoms with Gasteiger partial charge < -0.3 is 5.11 Å². The van der Waals surface area contributed by atoms with Crippen molar-refractivity contribution < 1.29 is 9.90 Å². The Kier molecular flexibility index (Phi) is 16.6. The zero-order valence-electron chi connectivity index (χ0n) is 15.3. The van der Waals surface area contributed by atoms with Gasteiger partial charge in [0.15, 0.2) is 0 Å². The average molecular weight is 306 g/mol. The maximum Gasteiger partial charge on any atom is 0.142 e. The van der Waals surface area contributed by atoms with E-state index < -0.39 is 0 Å². The molecule has 2 heteroatoms. The van der Waals surface area contributed by atoms with E-state index in [-0.39, 0.29) is 6.61 Å². The lowest BCUT2D eigenvalue weighted by Gasteiger charge is -1.96. The zero-order chi connectivity index (χ0) is 17.4. The number of aliphatic hydroxyl groups is 1. The van der Waals surface area contributed by atoms with E-state index in [2.05, 4.69) is 46.8 Å². The summed E-state index contributed by atoms with van der Waals surface area (Å²) in [5.41, 5.74) is 5.12. The third-order valence-electron chi connectivity index (χ3n) is 2.97. The molecule has 2 nitrogen and oxygen atoms in total. The highest BCUT2D eigenvalue weighted by Crippen LogP contribution is 2.06. The van der Waals surface area contributed by atoms with Gasteiger partial charge in [-0.15, -0.1) is 0 Å². The van der Waals surface area contributed by atoms with Crippen molar-refractivity contribution in [2.45, 2.75) is 67.2 Å². The van der Waals surface area contributed by atoms with Crippen LogP contribution in [0.15, 0.2) is 46.6 Å². The summed E-state index contributed by atoms with van der Waals surface area (Å²) in [6.45, 7) is 12.6. The molecule has 0 aliphatic carbocycles. The number of hydrogen-bond donors (Lipinski definition) is 1. The molecule has 0 aliphatic heterocycles. The summed E-state index contributed by atoms with van der Waals surface area (Å²) < 4.78 is 0. The van der Waals surface area contributed by atoms with E-state index in [0.717, 1.165) is 37.5 Å². The molecule has 0 atom stereocenters. The van der Waals surface area contributed by atoms with Gasteiger partial charge in [0.05, 0.1) is 6.61 Å². The normalized spacial score (nSPS) is 11.2. The van der Waals surface area contributed by atoms with E-state index >= 15 is 0 Å². The third-order valence-corrected chi connectivity index (χ3v) is 2.97. The predicted octanol–water partition coefficient (Wildman–Crippen LogP) is 5.55. The van der Waals surface area contributed by atoms with E-state index in [0.29, 0.717) is 0 Å². The highest BCUT2D eigenvalue weighted by Gasteiger charge is 1.87. The standard InChI is InChI=1S/C10H18O.C10H16O/c2*1-9(2)5-4-6-10(3)7-8-11/h5,7,11H,4,6,8H2,1-3H3;5,7-8H,4,6H2,1-3H3/b10-7-;. The fraction of sp³-hybridized carbons (Fsp3) is 0.550. The molecule has 22 heavy (non-hydrogen) atoms. The van der Waals surface area contributed by atoms with Crippen LogP contribution in [0.2, 0.25) is 0 Å². The summed E-state index contributed by atoms with van der Waals surface area (Å²) in [6.07, 6.45) is 12.9. The lowest BCUT2D eigenvalue weighted by Crippen LogP contribution is -1.80. The van der Waals surface area contributed by atoms with Gasteiger partial charge in [-0.25, -0.2) is 0 Å². The van der Waals surface area contributed by atoms with Crippen LogP contribution in [0, 0.1) is 0 Å². The molecular formula is C20H34O2. The van der Waals surface area contributed by atoms with Crippen molar-refractivity contribution in [3.8, 4) is 0 Å². The number of carbonyl (C=O) groups excluding carboxylic acids is 1. The molecule has 0 bridgehead atoms. The molecule has 0 spiro atoms. The molecule has 0 aromatic carbocycles. The van der Waals surface area contributed by atoms with Crippen molar-refractivity contribution in [1.82, 2.24) is 0 Å². The minimum atomic E-state index is 0.167. The SMILES string of the molecule is CC(C)=CCC/C(C)=C\CO.CC(C)=CCCC(C)=CC=O. The Hall–Kier alpha value is -1.41. The molecule has 0 unspecified atom stereocenters. The van der Waals surface area contributed by atoms with E-state index in [4.69, 9.17) is 5.11 Å². The number of aliphatic hydroxyl groups excluding tert-OH is 1. The first-order chi connectivity index (χ1) is 10.3. The number of allylic oxidation sites excluding steroid dienone is 7. The van der Waals surface area contributed by atoms with Gasteiger partial charge in [-0.2, -0.15) is 0 Å². The van der Waals surface area contributed by atoms with Crippen LogP contribution in [-0.2, 0) is 4.79 Å². The van der Waals surface area contributed by atoms with Crippen molar-refractivity contribution in [2.24, 2.45) is 0 Å². The number of carbonyl (C=O) groups is 1. The van der Waals surface area contributed by atoms with Crippen LogP contribution < -0.4 is 0 Å². The lowest BCUT2D eigenvalue weighted by molar-refractivity contribution is -0.104. The Morgan fingerprint density at radius 2 is 1.23 bits per heavy atom. The van der Waals surface area contributed by atoms with E-state index in [9.17, 15) is 4.79 Å². The molecule has 0 rings (SSSR count). The van der Waals surface area contributed by atoms with Gasteiger partial charge in [-0.05, 0) is 73.3 Å². The van der Waals surface area contributed by atoms with Gasteiger partial charge in [0.2, 0.25) is 0 Å². The molecule has 0 saturated heterocycles. The number of aldehydes is 1. The van der Waals surface area contributed by atoms with Crippen LogP contribution in [0.25, 0.3) is 0 Å². The molecule has 0 aromatic heterocycles. The first-order valence-electron chi connectivity index (χ1n) is 7.97. The molecule has 0 radical (unpaired) electrons. The Labute approximate surface area is 137 Å². The minimum Gasteiger partial charge on any atom is -0.392 e. The third kappa shape index (κ3) is 20.9. The van der Waals surface area contributed by atoms with E-state index in [1.54, 1.807) is 6.08 Å². The fourth-order valence-corrected chi connectivity index (χ4v) is 1.63. The second kappa shape index (κ2) is 16.0. The van der Waals surface area contributed by atoms with Gasteiger partial charge >= 0.3 is 0 Å². The second-order valence-corrected chi connectivity index (χ2v) is 6.02. The Morgan fingerprint density at radius 1 is 0.773 bits per heavy atom. The quantitative estimate of drug-likeness (QED) is 0.362. The molecule has 0 aromatic rings. The largest absolute Gasteiger partial charge is 0.392 e. The molecule has 126 valence electrons. The van der Waals surface area contributed by atoms with E-state index in [1.807, 2.05) is 13.0 Å². The van der Waals surface area contributed by atoms with Gasteiger partial charge in [-0.1, -0.05) is 40.5 Å². The summed E-state index contributed by atoms with van der Waals surface area (Å²) >= 11 is 0. The van der Waals surface area contributed by atoms with E-state index in [1.165, 1.54) is 16.7 Å². The summed E-state index contributed by atoms with van der Waals surface area (Å²) in [6, 6.07) is 0. The Balaban J connectivity index is 0. The average Bonchev–Trinajstić information content (AvgIpc) is 2.39. The Morgan fingerprint density at radius 3 is 1.59 bits per heavy atom. The zero-order valence-corrected chi connectivity index (χ0v) is 15.3. The van der Waals surface area contributed by atoms with Gasteiger partial charge in [-0.3, -0.25) is 4.79 Å². The molecule has 1 N–H and O–H groups in total. The van der Waals surface area contributed by atoms with Crippen molar-refractivity contribution in [2.75, 3.05) is 6.61 Å². The van der Waals surface area contributed by atoms with Crippen molar-refractivity contribution in [3.63, 3.8) is 0 Å². The fourth-order valence-electron chi connectivity index (χ4n) is 1.63. The van der Waals surface area contributed by atoms with Crippen LogP contribution in [0.1, 0.15) is 67.2 Å².